The van der Waals surface area contributed by atoms with E-state index in [4.69, 9.17) is 4.74 Å². The van der Waals surface area contributed by atoms with Crippen LogP contribution in [0.2, 0.25) is 0 Å². The molecule has 2 heterocycles. The normalized spacial score (nSPS) is 21.8. The van der Waals surface area contributed by atoms with Crippen LogP contribution >= 0.6 is 0 Å². The maximum absolute atomic E-state index is 14.2. The fourth-order valence-corrected chi connectivity index (χ4v) is 5.17. The maximum atomic E-state index is 14.2. The molecule has 0 radical (unpaired) electrons. The lowest BCUT2D eigenvalue weighted by molar-refractivity contribution is -0.120. The summed E-state index contributed by atoms with van der Waals surface area (Å²) in [5.74, 6) is 0.745. The van der Waals surface area contributed by atoms with Crippen LogP contribution < -0.4 is 15.4 Å². The molecular weight excluding hydrogens is 461 g/mol. The van der Waals surface area contributed by atoms with Gasteiger partial charge in [0.05, 0.1) is 17.7 Å². The first-order chi connectivity index (χ1) is 17.3. The van der Waals surface area contributed by atoms with Crippen molar-refractivity contribution in [3.63, 3.8) is 0 Å². The third kappa shape index (κ3) is 5.05. The van der Waals surface area contributed by atoms with Gasteiger partial charge in [0, 0.05) is 30.3 Å². The first kappa shape index (κ1) is 24.2. The lowest BCUT2D eigenvalue weighted by atomic mass is 9.82. The molecule has 2 fully saturated rings. The summed E-state index contributed by atoms with van der Waals surface area (Å²) in [6.07, 6.45) is 6.08. The predicted octanol–water partition coefficient (Wildman–Crippen LogP) is 4.28. The number of nitrogens with one attached hydrogen (secondary N) is 3. The number of fused-ring (bicyclic) bond motifs is 1. The highest BCUT2D eigenvalue weighted by Crippen LogP contribution is 2.37. The lowest BCUT2D eigenvalue weighted by Crippen LogP contribution is -2.47. The fourth-order valence-electron chi connectivity index (χ4n) is 5.17. The highest BCUT2D eigenvalue weighted by Gasteiger charge is 2.30. The number of amides is 2. The third-order valence-electron chi connectivity index (χ3n) is 7.26. The number of benzene rings is 1. The average molecular weight is 494 g/mol. The second-order valence-corrected chi connectivity index (χ2v) is 10.2. The Kier molecular flexibility index (Phi) is 6.64. The van der Waals surface area contributed by atoms with Crippen molar-refractivity contribution in [3.8, 4) is 17.0 Å². The van der Waals surface area contributed by atoms with Crippen molar-refractivity contribution >= 4 is 22.8 Å². The van der Waals surface area contributed by atoms with Gasteiger partial charge in [0.15, 0.2) is 0 Å². The van der Waals surface area contributed by atoms with Gasteiger partial charge < -0.3 is 20.4 Å². The number of aryl methyl sites for hydroxylation is 1. The first-order valence-electron chi connectivity index (χ1n) is 12.6. The molecule has 0 aliphatic heterocycles. The lowest BCUT2D eigenvalue weighted by Gasteiger charge is -2.34. The van der Waals surface area contributed by atoms with Crippen LogP contribution in [0.5, 0.6) is 5.75 Å². The Morgan fingerprint density at radius 1 is 1.17 bits per heavy atom. The average Bonchev–Trinajstić information content (AvgIpc) is 3.59. The molecule has 5 rings (SSSR count). The van der Waals surface area contributed by atoms with Crippen LogP contribution in [-0.2, 0) is 4.79 Å². The van der Waals surface area contributed by atoms with Crippen molar-refractivity contribution < 1.29 is 18.7 Å². The number of hydrogen-bond acceptors (Lipinski definition) is 5. The van der Waals surface area contributed by atoms with Gasteiger partial charge in [0.1, 0.15) is 29.1 Å². The van der Waals surface area contributed by atoms with E-state index in [1.54, 1.807) is 6.07 Å². The van der Waals surface area contributed by atoms with E-state index in [9.17, 15) is 14.0 Å². The molecule has 0 bridgehead atoms. The Balaban J connectivity index is 1.40. The molecule has 8 nitrogen and oxygen atoms in total. The number of hydrogen-bond donors (Lipinski definition) is 3. The first-order valence-corrected chi connectivity index (χ1v) is 12.6. The van der Waals surface area contributed by atoms with Crippen LogP contribution in [-0.4, -0.2) is 45.5 Å². The molecule has 3 atom stereocenters. The number of rotatable bonds is 7. The van der Waals surface area contributed by atoms with Gasteiger partial charge in [-0.2, -0.15) is 0 Å². The highest BCUT2D eigenvalue weighted by molar-refractivity contribution is 6.09. The monoisotopic (exact) mass is 493 g/mol. The van der Waals surface area contributed by atoms with Crippen LogP contribution in [0.1, 0.15) is 62.0 Å². The summed E-state index contributed by atoms with van der Waals surface area (Å²) < 4.78 is 20.3. The van der Waals surface area contributed by atoms with E-state index in [0.29, 0.717) is 51.8 Å². The Labute approximate surface area is 209 Å². The molecule has 0 spiro atoms. The second-order valence-electron chi connectivity index (χ2n) is 10.2. The van der Waals surface area contributed by atoms with Gasteiger partial charge in [-0.15, -0.1) is 0 Å². The maximum Gasteiger partial charge on any atom is 0.255 e. The molecule has 1 aromatic carbocycles. The van der Waals surface area contributed by atoms with E-state index in [1.165, 1.54) is 25.4 Å². The van der Waals surface area contributed by atoms with Crippen LogP contribution in [0.25, 0.3) is 22.3 Å². The summed E-state index contributed by atoms with van der Waals surface area (Å²) in [5.41, 5.74) is 3.22. The van der Waals surface area contributed by atoms with Crippen LogP contribution in [0.15, 0.2) is 24.5 Å². The Morgan fingerprint density at radius 2 is 1.97 bits per heavy atom. The van der Waals surface area contributed by atoms with Crippen LogP contribution in [0, 0.1) is 24.6 Å². The minimum Gasteiger partial charge on any atom is -0.493 e. The molecule has 190 valence electrons. The number of halogens is 1. The van der Waals surface area contributed by atoms with Crippen molar-refractivity contribution in [2.75, 3.05) is 6.61 Å². The molecule has 2 amide bonds. The van der Waals surface area contributed by atoms with Crippen molar-refractivity contribution in [3.05, 3.63) is 41.6 Å². The van der Waals surface area contributed by atoms with E-state index in [2.05, 4.69) is 32.5 Å². The molecule has 3 aromatic rings. The number of carbonyl (C=O) groups is 2. The predicted molar refractivity (Wildman–Crippen MR) is 134 cm³/mol. The quantitative estimate of drug-likeness (QED) is 0.455. The number of H-pyrrole nitrogens is 1. The SMILES string of the molecule is CC(=O)NC1CCC(NC(=O)c2c(C)[nH]c3c(-c4cc(F)ccc4OCC4CC4)ncnc23)CC1C. The summed E-state index contributed by atoms with van der Waals surface area (Å²) in [6, 6.07) is 4.56. The molecule has 2 saturated carbocycles. The Morgan fingerprint density at radius 3 is 2.69 bits per heavy atom. The van der Waals surface area contributed by atoms with Gasteiger partial charge in [-0.05, 0) is 69.1 Å². The molecule has 2 aromatic heterocycles. The second kappa shape index (κ2) is 9.87. The van der Waals surface area contributed by atoms with Gasteiger partial charge in [0.2, 0.25) is 5.91 Å². The topological polar surface area (TPSA) is 109 Å². The van der Waals surface area contributed by atoms with Crippen LogP contribution in [0.4, 0.5) is 4.39 Å². The van der Waals surface area contributed by atoms with E-state index in [0.717, 1.165) is 32.1 Å². The molecule has 36 heavy (non-hydrogen) atoms. The zero-order chi connectivity index (χ0) is 25.4. The summed E-state index contributed by atoms with van der Waals surface area (Å²) >= 11 is 0. The molecule has 0 saturated heterocycles. The third-order valence-corrected chi connectivity index (χ3v) is 7.26. The van der Waals surface area contributed by atoms with Crippen molar-refractivity contribution in [1.29, 1.82) is 0 Å². The number of aromatic amines is 1. The number of ether oxygens (including phenoxy) is 1. The molecule has 2 aliphatic rings. The summed E-state index contributed by atoms with van der Waals surface area (Å²) in [4.78, 5) is 36.9. The van der Waals surface area contributed by atoms with Crippen molar-refractivity contribution in [2.24, 2.45) is 11.8 Å². The van der Waals surface area contributed by atoms with E-state index in [-0.39, 0.29) is 35.6 Å². The highest BCUT2D eigenvalue weighted by atomic mass is 19.1. The van der Waals surface area contributed by atoms with Crippen molar-refractivity contribution in [2.45, 2.75) is 65.0 Å². The van der Waals surface area contributed by atoms with Gasteiger partial charge in [-0.3, -0.25) is 9.59 Å². The van der Waals surface area contributed by atoms with Crippen molar-refractivity contribution in [1.82, 2.24) is 25.6 Å². The number of carbonyl (C=O) groups excluding carboxylic acids is 2. The Bertz CT molecular complexity index is 1300. The summed E-state index contributed by atoms with van der Waals surface area (Å²) in [7, 11) is 0. The van der Waals surface area contributed by atoms with Gasteiger partial charge in [-0.25, -0.2) is 14.4 Å². The fraction of sp³-hybridized carbons (Fsp3) is 0.481. The Hall–Kier alpha value is -3.49. The summed E-state index contributed by atoms with van der Waals surface area (Å²) in [6.45, 7) is 6.04. The zero-order valence-electron chi connectivity index (χ0n) is 20.9. The van der Waals surface area contributed by atoms with E-state index < -0.39 is 0 Å². The van der Waals surface area contributed by atoms with Gasteiger partial charge in [0.25, 0.3) is 5.91 Å². The van der Waals surface area contributed by atoms with E-state index >= 15 is 0 Å². The zero-order valence-corrected chi connectivity index (χ0v) is 20.9. The standard InChI is InChI=1S/C27H32FN5O3/c1-14-10-19(7-8-21(14)32-16(3)34)33-27(35)23-15(2)31-26-24(29-13-30-25(23)26)20-11-18(28)6-9-22(20)36-12-17-4-5-17/h6,9,11,13-14,17,19,21,31H,4-5,7-8,10,12H2,1-3H3,(H,32,34)(H,33,35). The van der Waals surface area contributed by atoms with E-state index in [1.807, 2.05) is 6.92 Å². The summed E-state index contributed by atoms with van der Waals surface area (Å²) in [5, 5.41) is 6.17. The van der Waals surface area contributed by atoms with Gasteiger partial charge >= 0.3 is 0 Å². The minimum absolute atomic E-state index is 0.00816. The largest absolute Gasteiger partial charge is 0.493 e. The molecule has 3 N–H and O–H groups in total. The molecule has 2 aliphatic carbocycles. The van der Waals surface area contributed by atoms with Crippen LogP contribution in [0.3, 0.4) is 0 Å². The molecule has 9 heteroatoms. The van der Waals surface area contributed by atoms with Gasteiger partial charge in [-0.1, -0.05) is 6.92 Å². The number of nitrogens with zero attached hydrogens (tertiary/aromatic N) is 2. The smallest absolute Gasteiger partial charge is 0.255 e. The minimum atomic E-state index is -0.388. The molecule has 3 unspecified atom stereocenters. The molecular formula is C27H32FN5O3. The number of aromatic nitrogens is 3.